The molecule has 5 rings (SSSR count). The van der Waals surface area contributed by atoms with E-state index in [1.165, 1.54) is 30.6 Å². The van der Waals surface area contributed by atoms with Gasteiger partial charge in [-0.25, -0.2) is 9.97 Å². The summed E-state index contributed by atoms with van der Waals surface area (Å²) < 4.78 is 0. The largest absolute Gasteiger partial charge is 0.306 e. The molecule has 0 aliphatic heterocycles. The van der Waals surface area contributed by atoms with Crippen LogP contribution in [0.3, 0.4) is 0 Å². The summed E-state index contributed by atoms with van der Waals surface area (Å²) in [5.41, 5.74) is 2.26. The Morgan fingerprint density at radius 3 is 2.71 bits per heavy atom. The number of hydrogen-bond acceptors (Lipinski definition) is 6. The van der Waals surface area contributed by atoms with Crippen LogP contribution in [0.5, 0.6) is 0 Å². The highest BCUT2D eigenvalue weighted by molar-refractivity contribution is 7.16. The first-order valence-corrected chi connectivity index (χ1v) is 10.1. The standard InChI is InChI=1S/C21H17N5OS/c27-20(14-7-8-16(23-12-14)13-4-3-5-13)25-18-15-9-11-28-21(15)26-19(24-18)17-6-1-2-10-22-17/h1-2,6-13H,3-5H2,(H,24,25,26,27). The van der Waals surface area contributed by atoms with Gasteiger partial charge in [0, 0.05) is 24.0 Å². The van der Waals surface area contributed by atoms with Crippen LogP contribution in [0.15, 0.2) is 54.2 Å². The molecule has 1 fully saturated rings. The molecule has 0 radical (unpaired) electrons. The molecular weight excluding hydrogens is 370 g/mol. The third-order valence-corrected chi connectivity index (χ3v) is 5.83. The van der Waals surface area contributed by atoms with Crippen molar-refractivity contribution in [3.8, 4) is 11.5 Å². The van der Waals surface area contributed by atoms with Gasteiger partial charge in [-0.15, -0.1) is 11.3 Å². The van der Waals surface area contributed by atoms with Gasteiger partial charge in [-0.2, -0.15) is 0 Å². The summed E-state index contributed by atoms with van der Waals surface area (Å²) in [5, 5.41) is 5.68. The molecule has 0 atom stereocenters. The number of pyridine rings is 2. The predicted molar refractivity (Wildman–Crippen MR) is 109 cm³/mol. The Kier molecular flexibility index (Phi) is 4.29. The first-order chi connectivity index (χ1) is 13.8. The van der Waals surface area contributed by atoms with E-state index in [0.29, 0.717) is 28.8 Å². The highest BCUT2D eigenvalue weighted by Crippen LogP contribution is 2.35. The Bertz CT molecular complexity index is 1140. The lowest BCUT2D eigenvalue weighted by molar-refractivity contribution is 0.102. The van der Waals surface area contributed by atoms with Gasteiger partial charge in [0.25, 0.3) is 5.91 Å². The fraction of sp³-hybridized carbons (Fsp3) is 0.190. The number of fused-ring (bicyclic) bond motifs is 1. The number of nitrogens with one attached hydrogen (secondary N) is 1. The van der Waals surface area contributed by atoms with Crippen LogP contribution in [-0.2, 0) is 0 Å². The van der Waals surface area contributed by atoms with E-state index in [2.05, 4.69) is 25.3 Å². The van der Waals surface area contributed by atoms with E-state index in [0.717, 1.165) is 15.9 Å². The summed E-state index contributed by atoms with van der Waals surface area (Å²) in [5.74, 6) is 1.29. The summed E-state index contributed by atoms with van der Waals surface area (Å²) in [4.78, 5) is 31.5. The second kappa shape index (κ2) is 7.09. The molecule has 4 aromatic heterocycles. The Balaban J connectivity index is 1.45. The predicted octanol–water partition coefficient (Wildman–Crippen LogP) is 4.67. The fourth-order valence-corrected chi connectivity index (χ4v) is 3.99. The van der Waals surface area contributed by atoms with E-state index < -0.39 is 0 Å². The van der Waals surface area contributed by atoms with Crippen LogP contribution in [0.4, 0.5) is 5.82 Å². The monoisotopic (exact) mass is 387 g/mol. The Morgan fingerprint density at radius 1 is 1.07 bits per heavy atom. The molecule has 7 heteroatoms. The van der Waals surface area contributed by atoms with Crippen molar-refractivity contribution in [2.24, 2.45) is 0 Å². The number of hydrogen-bond donors (Lipinski definition) is 1. The number of anilines is 1. The Morgan fingerprint density at radius 2 is 2.00 bits per heavy atom. The molecule has 0 saturated heterocycles. The second-order valence-corrected chi connectivity index (χ2v) is 7.70. The minimum atomic E-state index is -0.231. The van der Waals surface area contributed by atoms with Crippen LogP contribution in [0.1, 0.15) is 41.2 Å². The average Bonchev–Trinajstić information content (AvgIpc) is 3.17. The number of aromatic nitrogens is 4. The maximum absolute atomic E-state index is 12.8. The average molecular weight is 387 g/mol. The molecule has 4 aromatic rings. The zero-order valence-corrected chi connectivity index (χ0v) is 15.8. The summed E-state index contributed by atoms with van der Waals surface area (Å²) >= 11 is 1.50. The molecule has 0 aromatic carbocycles. The van der Waals surface area contributed by atoms with Crippen molar-refractivity contribution in [3.05, 3.63) is 65.4 Å². The second-order valence-electron chi connectivity index (χ2n) is 6.80. The van der Waals surface area contributed by atoms with E-state index in [4.69, 9.17) is 0 Å². The van der Waals surface area contributed by atoms with Crippen molar-refractivity contribution in [2.45, 2.75) is 25.2 Å². The van der Waals surface area contributed by atoms with Gasteiger partial charge >= 0.3 is 0 Å². The third kappa shape index (κ3) is 3.14. The van der Waals surface area contributed by atoms with Gasteiger partial charge in [-0.3, -0.25) is 14.8 Å². The molecule has 1 amide bonds. The number of rotatable bonds is 4. The lowest BCUT2D eigenvalue weighted by Crippen LogP contribution is -2.15. The number of thiophene rings is 1. The van der Waals surface area contributed by atoms with E-state index in [9.17, 15) is 4.79 Å². The lowest BCUT2D eigenvalue weighted by atomic mass is 9.82. The summed E-state index contributed by atoms with van der Waals surface area (Å²) in [6.45, 7) is 0. The Hall–Kier alpha value is -3.19. The summed E-state index contributed by atoms with van der Waals surface area (Å²) in [6.07, 6.45) is 6.98. The maximum Gasteiger partial charge on any atom is 0.258 e. The minimum Gasteiger partial charge on any atom is -0.306 e. The van der Waals surface area contributed by atoms with E-state index in [-0.39, 0.29) is 5.91 Å². The zero-order chi connectivity index (χ0) is 18.9. The topological polar surface area (TPSA) is 80.7 Å². The van der Waals surface area contributed by atoms with Gasteiger partial charge < -0.3 is 5.32 Å². The molecule has 1 aliphatic rings. The van der Waals surface area contributed by atoms with Gasteiger partial charge in [0.15, 0.2) is 5.82 Å². The molecule has 6 nitrogen and oxygen atoms in total. The first-order valence-electron chi connectivity index (χ1n) is 9.22. The van der Waals surface area contributed by atoms with Gasteiger partial charge in [-0.1, -0.05) is 12.5 Å². The van der Waals surface area contributed by atoms with Crippen LogP contribution >= 0.6 is 11.3 Å². The van der Waals surface area contributed by atoms with Crippen molar-refractivity contribution >= 4 is 33.3 Å². The SMILES string of the molecule is O=C(Nc1nc(-c2ccccn2)nc2sccc12)c1ccc(C2CCC2)nc1. The molecule has 0 unspecified atom stereocenters. The van der Waals surface area contributed by atoms with Crippen molar-refractivity contribution < 1.29 is 4.79 Å². The highest BCUT2D eigenvalue weighted by Gasteiger charge is 2.21. The third-order valence-electron chi connectivity index (χ3n) is 5.02. The normalized spacial score (nSPS) is 14.0. The summed E-state index contributed by atoms with van der Waals surface area (Å²) in [6, 6.07) is 11.3. The number of nitrogens with zero attached hydrogens (tertiary/aromatic N) is 4. The maximum atomic E-state index is 12.8. The van der Waals surface area contributed by atoms with Gasteiger partial charge in [0.1, 0.15) is 16.3 Å². The minimum absolute atomic E-state index is 0.231. The van der Waals surface area contributed by atoms with Crippen LogP contribution in [0.25, 0.3) is 21.7 Å². The first kappa shape index (κ1) is 16.9. The van der Waals surface area contributed by atoms with Gasteiger partial charge in [0.2, 0.25) is 0 Å². The molecule has 0 bridgehead atoms. The number of carbonyl (C=O) groups is 1. The van der Waals surface area contributed by atoms with Crippen LogP contribution in [-0.4, -0.2) is 25.8 Å². The van der Waals surface area contributed by atoms with E-state index >= 15 is 0 Å². The molecule has 1 saturated carbocycles. The zero-order valence-electron chi connectivity index (χ0n) is 15.0. The quantitative estimate of drug-likeness (QED) is 0.550. The van der Waals surface area contributed by atoms with Crippen LogP contribution in [0, 0.1) is 0 Å². The van der Waals surface area contributed by atoms with E-state index in [1.54, 1.807) is 12.4 Å². The molecule has 28 heavy (non-hydrogen) atoms. The lowest BCUT2D eigenvalue weighted by Gasteiger charge is -2.24. The number of amides is 1. The molecule has 1 aliphatic carbocycles. The molecule has 1 N–H and O–H groups in total. The van der Waals surface area contributed by atoms with Crippen molar-refractivity contribution in [2.75, 3.05) is 5.32 Å². The molecular formula is C21H17N5OS. The van der Waals surface area contributed by atoms with Crippen LogP contribution < -0.4 is 5.32 Å². The number of carbonyl (C=O) groups excluding carboxylic acids is 1. The summed E-state index contributed by atoms with van der Waals surface area (Å²) in [7, 11) is 0. The van der Waals surface area contributed by atoms with Gasteiger partial charge in [0.05, 0.1) is 10.9 Å². The van der Waals surface area contributed by atoms with E-state index in [1.807, 2.05) is 41.8 Å². The molecule has 4 heterocycles. The van der Waals surface area contributed by atoms with Crippen molar-refractivity contribution in [1.82, 2.24) is 19.9 Å². The fourth-order valence-electron chi connectivity index (χ4n) is 3.23. The Labute approximate surface area is 165 Å². The van der Waals surface area contributed by atoms with Gasteiger partial charge in [-0.05, 0) is 48.6 Å². The van der Waals surface area contributed by atoms with Crippen molar-refractivity contribution in [3.63, 3.8) is 0 Å². The molecule has 138 valence electrons. The van der Waals surface area contributed by atoms with Crippen LogP contribution in [0.2, 0.25) is 0 Å². The highest BCUT2D eigenvalue weighted by atomic mass is 32.1. The van der Waals surface area contributed by atoms with Crippen molar-refractivity contribution in [1.29, 1.82) is 0 Å². The molecule has 0 spiro atoms. The smallest absolute Gasteiger partial charge is 0.258 e.